The molecule has 4 rings (SSSR count). The molecule has 0 bridgehead atoms. The predicted octanol–water partition coefficient (Wildman–Crippen LogP) is 4.44. The summed E-state index contributed by atoms with van der Waals surface area (Å²) in [5.74, 6) is 0. The van der Waals surface area contributed by atoms with Gasteiger partial charge < -0.3 is 0 Å². The van der Waals surface area contributed by atoms with Gasteiger partial charge in [0.2, 0.25) is 0 Å². The Kier molecular flexibility index (Phi) is 3.60. The summed E-state index contributed by atoms with van der Waals surface area (Å²) in [6, 6.07) is 25.1. The largest absolute Gasteiger partial charge is 0.264 e. The Bertz CT molecular complexity index is 798. The number of hydrazone groups is 1. The summed E-state index contributed by atoms with van der Waals surface area (Å²) in [6.07, 6.45) is 4.56. The molecule has 3 heteroatoms. The van der Waals surface area contributed by atoms with Gasteiger partial charge in [0, 0.05) is 24.4 Å². The van der Waals surface area contributed by atoms with E-state index in [4.69, 9.17) is 5.10 Å². The molecule has 112 valence electrons. The maximum atomic E-state index is 4.90. The molecule has 23 heavy (non-hydrogen) atoms. The Morgan fingerprint density at radius 1 is 0.826 bits per heavy atom. The van der Waals surface area contributed by atoms with Crippen molar-refractivity contribution in [1.29, 1.82) is 0 Å². The average Bonchev–Trinajstić information content (AvgIpc) is 3.09. The Morgan fingerprint density at radius 2 is 1.57 bits per heavy atom. The predicted molar refractivity (Wildman–Crippen MR) is 93.5 cm³/mol. The van der Waals surface area contributed by atoms with Crippen LogP contribution in [0.15, 0.2) is 90.3 Å². The van der Waals surface area contributed by atoms with E-state index in [1.165, 1.54) is 5.56 Å². The topological polar surface area (TPSA) is 28.5 Å². The average molecular weight is 299 g/mol. The molecule has 2 aromatic carbocycles. The zero-order chi connectivity index (χ0) is 15.5. The first-order chi connectivity index (χ1) is 11.4. The van der Waals surface area contributed by atoms with Gasteiger partial charge in [-0.15, -0.1) is 0 Å². The van der Waals surface area contributed by atoms with Crippen LogP contribution in [0.3, 0.4) is 0 Å². The summed E-state index contributed by atoms with van der Waals surface area (Å²) in [7, 11) is 0. The van der Waals surface area contributed by atoms with E-state index in [1.54, 1.807) is 6.20 Å². The number of benzene rings is 2. The van der Waals surface area contributed by atoms with E-state index in [9.17, 15) is 0 Å². The van der Waals surface area contributed by atoms with E-state index in [0.717, 1.165) is 23.4 Å². The van der Waals surface area contributed by atoms with E-state index in [2.05, 4.69) is 64.6 Å². The fraction of sp³-hybridized carbons (Fsp3) is 0.100. The molecule has 2 heterocycles. The SMILES string of the molecule is c1ccc([C@@H]2CC(c3cccnc3)=NN2c2ccccc2)cc1. The smallest absolute Gasteiger partial charge is 0.0831 e. The van der Waals surface area contributed by atoms with Gasteiger partial charge in [0.25, 0.3) is 0 Å². The third kappa shape index (κ3) is 2.73. The normalized spacial score (nSPS) is 17.1. The lowest BCUT2D eigenvalue weighted by atomic mass is 9.99. The molecule has 1 atom stereocenters. The molecule has 0 aliphatic carbocycles. The minimum Gasteiger partial charge on any atom is -0.264 e. The number of hydrogen-bond donors (Lipinski definition) is 0. The maximum Gasteiger partial charge on any atom is 0.0831 e. The lowest BCUT2D eigenvalue weighted by molar-refractivity contribution is 0.709. The third-order valence-corrected chi connectivity index (χ3v) is 4.11. The van der Waals surface area contributed by atoms with Crippen LogP contribution in [0.2, 0.25) is 0 Å². The quantitative estimate of drug-likeness (QED) is 0.715. The van der Waals surface area contributed by atoms with Crippen LogP contribution in [-0.2, 0) is 0 Å². The van der Waals surface area contributed by atoms with Crippen molar-refractivity contribution in [2.24, 2.45) is 5.10 Å². The number of aromatic nitrogens is 1. The first-order valence-electron chi connectivity index (χ1n) is 7.79. The molecular formula is C20H17N3. The van der Waals surface area contributed by atoms with Crippen LogP contribution in [0.25, 0.3) is 0 Å². The van der Waals surface area contributed by atoms with Gasteiger partial charge in [-0.3, -0.25) is 9.99 Å². The zero-order valence-electron chi connectivity index (χ0n) is 12.7. The first-order valence-corrected chi connectivity index (χ1v) is 7.79. The van der Waals surface area contributed by atoms with Gasteiger partial charge >= 0.3 is 0 Å². The number of rotatable bonds is 3. The number of nitrogens with zero attached hydrogens (tertiary/aromatic N) is 3. The summed E-state index contributed by atoms with van der Waals surface area (Å²) >= 11 is 0. The second-order valence-corrected chi connectivity index (χ2v) is 5.60. The molecule has 1 aliphatic rings. The van der Waals surface area contributed by atoms with Crippen LogP contribution in [0, 0.1) is 0 Å². The van der Waals surface area contributed by atoms with Crippen molar-refractivity contribution in [3.8, 4) is 0 Å². The van der Waals surface area contributed by atoms with Crippen molar-refractivity contribution in [2.75, 3.05) is 5.01 Å². The summed E-state index contributed by atoms with van der Waals surface area (Å²) in [4.78, 5) is 4.23. The first kappa shape index (κ1) is 13.7. The van der Waals surface area contributed by atoms with Gasteiger partial charge in [-0.1, -0.05) is 54.6 Å². The number of para-hydroxylation sites is 1. The number of pyridine rings is 1. The highest BCUT2D eigenvalue weighted by atomic mass is 15.5. The molecule has 0 fully saturated rings. The number of anilines is 1. The van der Waals surface area contributed by atoms with Crippen LogP contribution in [0.5, 0.6) is 0 Å². The molecule has 1 aromatic heterocycles. The van der Waals surface area contributed by atoms with Crippen LogP contribution in [0.4, 0.5) is 5.69 Å². The zero-order valence-corrected chi connectivity index (χ0v) is 12.7. The molecule has 3 nitrogen and oxygen atoms in total. The molecule has 0 amide bonds. The molecule has 0 unspecified atom stereocenters. The van der Waals surface area contributed by atoms with E-state index in [-0.39, 0.29) is 6.04 Å². The second kappa shape index (κ2) is 6.05. The highest BCUT2D eigenvalue weighted by Crippen LogP contribution is 2.36. The molecule has 0 saturated heterocycles. The summed E-state index contributed by atoms with van der Waals surface area (Å²) in [5.41, 5.74) is 4.56. The van der Waals surface area contributed by atoms with Crippen LogP contribution < -0.4 is 5.01 Å². The summed E-state index contributed by atoms with van der Waals surface area (Å²) in [6.45, 7) is 0. The maximum absolute atomic E-state index is 4.90. The van der Waals surface area contributed by atoms with E-state index in [1.807, 2.05) is 24.4 Å². The van der Waals surface area contributed by atoms with E-state index in [0.29, 0.717) is 0 Å². The van der Waals surface area contributed by atoms with Gasteiger partial charge in [-0.05, 0) is 23.8 Å². The van der Waals surface area contributed by atoms with Gasteiger partial charge in [-0.2, -0.15) is 5.10 Å². The Balaban J connectivity index is 1.75. The lowest BCUT2D eigenvalue weighted by Crippen LogP contribution is -2.18. The molecule has 0 spiro atoms. The van der Waals surface area contributed by atoms with Gasteiger partial charge in [-0.25, -0.2) is 0 Å². The van der Waals surface area contributed by atoms with Crippen LogP contribution in [-0.4, -0.2) is 10.7 Å². The Labute approximate surface area is 135 Å². The fourth-order valence-electron chi connectivity index (χ4n) is 2.97. The van der Waals surface area contributed by atoms with Crippen molar-refractivity contribution < 1.29 is 0 Å². The Morgan fingerprint density at radius 3 is 2.26 bits per heavy atom. The van der Waals surface area contributed by atoms with Crippen LogP contribution in [0.1, 0.15) is 23.6 Å². The van der Waals surface area contributed by atoms with E-state index < -0.39 is 0 Å². The minimum atomic E-state index is 0.216. The van der Waals surface area contributed by atoms with Gasteiger partial charge in [0.05, 0.1) is 17.4 Å². The minimum absolute atomic E-state index is 0.216. The van der Waals surface area contributed by atoms with Crippen molar-refractivity contribution >= 4 is 11.4 Å². The van der Waals surface area contributed by atoms with Gasteiger partial charge in [0.1, 0.15) is 0 Å². The molecule has 0 N–H and O–H groups in total. The number of hydrogen-bond acceptors (Lipinski definition) is 3. The molecule has 3 aromatic rings. The van der Waals surface area contributed by atoms with Crippen LogP contribution >= 0.6 is 0 Å². The van der Waals surface area contributed by atoms with Crippen molar-refractivity contribution in [1.82, 2.24) is 4.98 Å². The highest BCUT2D eigenvalue weighted by Gasteiger charge is 2.29. The molecule has 0 saturated carbocycles. The molecule has 1 aliphatic heterocycles. The fourth-order valence-corrected chi connectivity index (χ4v) is 2.97. The third-order valence-electron chi connectivity index (χ3n) is 4.11. The lowest BCUT2D eigenvalue weighted by Gasteiger charge is -2.23. The highest BCUT2D eigenvalue weighted by molar-refractivity contribution is 6.03. The van der Waals surface area contributed by atoms with Crippen molar-refractivity contribution in [3.63, 3.8) is 0 Å². The van der Waals surface area contributed by atoms with Crippen molar-refractivity contribution in [2.45, 2.75) is 12.5 Å². The van der Waals surface area contributed by atoms with Gasteiger partial charge in [0.15, 0.2) is 0 Å². The van der Waals surface area contributed by atoms with Crippen molar-refractivity contribution in [3.05, 3.63) is 96.3 Å². The Hall–Kier alpha value is -2.94. The monoisotopic (exact) mass is 299 g/mol. The molecule has 0 radical (unpaired) electrons. The summed E-state index contributed by atoms with van der Waals surface area (Å²) < 4.78 is 0. The van der Waals surface area contributed by atoms with E-state index >= 15 is 0 Å². The summed E-state index contributed by atoms with van der Waals surface area (Å²) in [5, 5.41) is 7.02. The standard InChI is InChI=1S/C20H17N3/c1-3-8-16(9-4-1)20-14-19(17-10-7-13-21-15-17)22-23(20)18-11-5-2-6-12-18/h1-13,15,20H,14H2/t20-/m0/s1. The molecular weight excluding hydrogens is 282 g/mol. The second-order valence-electron chi connectivity index (χ2n) is 5.60.